The molecule has 13 nitrogen and oxygen atoms in total. The first-order valence-corrected chi connectivity index (χ1v) is 35.2. The van der Waals surface area contributed by atoms with E-state index in [2.05, 4.69) is 32.7 Å². The Morgan fingerprint density at radius 1 is 0.550 bits per heavy atom. The van der Waals surface area contributed by atoms with E-state index in [0.29, 0.717) is 25.0 Å². The Kier molecular flexibility index (Phi) is 56.1. The second kappa shape index (κ2) is 41.4. The zero-order valence-electron chi connectivity index (χ0n) is 33.3. The SMILES string of the molecule is C.C.C.C.C.C.C.C.C.C.CO[Si](CC[Si]1(C)OCCCC[SiH](C)O1)(OC)OC.CO[Si](CC[Si]1(C)OC[Si](C)(CCCOCC2CO2)OCCCC[SiH](C)O1)(OC)OC. The van der Waals surface area contributed by atoms with E-state index in [0.717, 1.165) is 75.9 Å². The zero-order chi connectivity index (χ0) is 37.2. The van der Waals surface area contributed by atoms with Gasteiger partial charge in [0.15, 0.2) is 18.1 Å². The van der Waals surface area contributed by atoms with Gasteiger partial charge >= 0.3 is 34.7 Å². The summed E-state index contributed by atoms with van der Waals surface area (Å²) in [6.07, 6.45) is 6.65. The Bertz CT molecular complexity index is 899. The summed E-state index contributed by atoms with van der Waals surface area (Å²) in [5.41, 5.74) is 0. The van der Waals surface area contributed by atoms with Crippen molar-refractivity contribution in [2.45, 2.75) is 188 Å². The monoisotopic (exact) mass is 997 g/mol. The van der Waals surface area contributed by atoms with Gasteiger partial charge in [0.25, 0.3) is 0 Å². The van der Waals surface area contributed by atoms with Crippen LogP contribution >= 0.6 is 0 Å². The minimum absolute atomic E-state index is 0. The topological polar surface area (TPSA) is 123 Å². The Balaban J connectivity index is -0.000000114. The Morgan fingerprint density at radius 2 is 0.933 bits per heavy atom. The highest BCUT2D eigenvalue weighted by Gasteiger charge is 2.46. The van der Waals surface area contributed by atoms with Crippen molar-refractivity contribution in [3.05, 3.63) is 0 Å². The van der Waals surface area contributed by atoms with Gasteiger partial charge in [-0.3, -0.25) is 0 Å². The van der Waals surface area contributed by atoms with Crippen LogP contribution in [0.15, 0.2) is 0 Å². The lowest BCUT2D eigenvalue weighted by Gasteiger charge is -2.36. The fourth-order valence-electron chi connectivity index (χ4n) is 6.26. The van der Waals surface area contributed by atoms with Crippen LogP contribution in [0.25, 0.3) is 0 Å². The van der Waals surface area contributed by atoms with Crippen LogP contribution in [-0.4, -0.2) is 149 Å². The number of epoxide rings is 1. The molecular weight excluding hydrogens is 885 g/mol. The van der Waals surface area contributed by atoms with E-state index in [1.165, 1.54) is 18.9 Å². The van der Waals surface area contributed by atoms with Crippen LogP contribution in [0, 0.1) is 0 Å². The first-order valence-electron chi connectivity index (χ1n) is 18.5. The lowest BCUT2D eigenvalue weighted by Crippen LogP contribution is -2.51. The van der Waals surface area contributed by atoms with E-state index < -0.39 is 61.1 Å². The van der Waals surface area contributed by atoms with Crippen LogP contribution in [0.4, 0.5) is 0 Å². The molecule has 378 valence electrons. The normalized spacial score (nSPS) is 26.6. The van der Waals surface area contributed by atoms with Gasteiger partial charge in [0.1, 0.15) is 6.10 Å². The van der Waals surface area contributed by atoms with E-state index in [1.54, 1.807) is 42.7 Å². The molecule has 0 aliphatic carbocycles. The second-order valence-corrected chi connectivity index (χ2v) is 36.8. The van der Waals surface area contributed by atoms with Gasteiger partial charge in [-0.1, -0.05) is 87.1 Å². The molecule has 6 unspecified atom stereocenters. The van der Waals surface area contributed by atoms with Gasteiger partial charge in [-0.25, -0.2) is 0 Å². The van der Waals surface area contributed by atoms with E-state index in [-0.39, 0.29) is 74.3 Å². The van der Waals surface area contributed by atoms with Crippen LogP contribution in [0.3, 0.4) is 0 Å². The molecule has 0 N–H and O–H groups in total. The standard InChI is InChI=1S/C19H44O8Si4.C11H28O5Si3.10CH4/c1-20-31(21-2,22-3)15-14-30(6)26-18-29(5,13-9-10-23-16-19-17-24-19)25-11-7-8-12-28(4)27-30;1-12-19(13-2,14-3)11-10-18(5)15-8-6-7-9-17(4)16-18;;;;;;;;;;/h19,28H,7-18H2,1-6H3;17H,6-11H2,1-5H3;10*1H4. The Morgan fingerprint density at radius 3 is 1.32 bits per heavy atom. The highest BCUT2D eigenvalue weighted by molar-refractivity contribution is 6.78. The van der Waals surface area contributed by atoms with Crippen LogP contribution in [0.5, 0.6) is 0 Å². The van der Waals surface area contributed by atoms with Crippen molar-refractivity contribution in [2.24, 2.45) is 0 Å². The molecular formula is C40H112O13Si7. The van der Waals surface area contributed by atoms with Crippen molar-refractivity contribution in [2.75, 3.05) is 81.9 Å². The van der Waals surface area contributed by atoms with Crippen LogP contribution in [0.1, 0.15) is 106 Å². The summed E-state index contributed by atoms with van der Waals surface area (Å²) in [5.74, 6) is 0. The molecule has 0 aromatic heterocycles. The van der Waals surface area contributed by atoms with Crippen molar-refractivity contribution in [3.63, 3.8) is 0 Å². The van der Waals surface area contributed by atoms with Gasteiger partial charge in [-0.15, -0.1) is 0 Å². The number of ether oxygens (including phenoxy) is 2. The molecule has 6 atom stereocenters. The molecule has 0 saturated carbocycles. The van der Waals surface area contributed by atoms with Crippen LogP contribution in [0.2, 0.25) is 75.0 Å². The Labute approximate surface area is 386 Å². The maximum absolute atomic E-state index is 6.71. The van der Waals surface area contributed by atoms with Crippen molar-refractivity contribution in [1.29, 1.82) is 0 Å². The molecule has 3 heterocycles. The molecule has 60 heavy (non-hydrogen) atoms. The number of hydrogen-bond acceptors (Lipinski definition) is 13. The third-order valence-corrected chi connectivity index (χ3v) is 33.1. The molecule has 3 aliphatic heterocycles. The predicted octanol–water partition coefficient (Wildman–Crippen LogP) is 11.5. The van der Waals surface area contributed by atoms with Gasteiger partial charge in [-0.2, -0.15) is 0 Å². The van der Waals surface area contributed by atoms with Gasteiger partial charge in [0.05, 0.1) is 19.4 Å². The van der Waals surface area contributed by atoms with E-state index in [4.69, 9.17) is 57.5 Å². The first kappa shape index (κ1) is 81.2. The lowest BCUT2D eigenvalue weighted by atomic mass is 10.4. The predicted molar refractivity (Wildman–Crippen MR) is 279 cm³/mol. The lowest BCUT2D eigenvalue weighted by molar-refractivity contribution is 0.115. The van der Waals surface area contributed by atoms with Gasteiger partial charge in [0, 0.05) is 74.6 Å². The summed E-state index contributed by atoms with van der Waals surface area (Å²) in [5, 5.41) is 0. The van der Waals surface area contributed by atoms with Gasteiger partial charge in [-0.05, 0) is 82.2 Å². The summed E-state index contributed by atoms with van der Waals surface area (Å²) in [6, 6.07) is 6.60. The van der Waals surface area contributed by atoms with Crippen molar-refractivity contribution in [3.8, 4) is 0 Å². The second-order valence-electron chi connectivity index (χ2n) is 14.3. The molecule has 3 saturated heterocycles. The van der Waals surface area contributed by atoms with Crippen molar-refractivity contribution in [1.82, 2.24) is 0 Å². The minimum atomic E-state index is -2.66. The van der Waals surface area contributed by atoms with E-state index in [1.807, 2.05) is 0 Å². The van der Waals surface area contributed by atoms with Gasteiger partial charge < -0.3 is 57.5 Å². The molecule has 3 aliphatic rings. The summed E-state index contributed by atoms with van der Waals surface area (Å²) < 4.78 is 76.5. The zero-order valence-corrected chi connectivity index (χ0v) is 40.6. The minimum Gasteiger partial charge on any atom is -0.439 e. The fraction of sp³-hybridized carbons (Fsp3) is 1.00. The number of hydrogen-bond donors (Lipinski definition) is 0. The third-order valence-electron chi connectivity index (χ3n) is 9.79. The first-order chi connectivity index (χ1) is 23.8. The third kappa shape index (κ3) is 31.0. The summed E-state index contributed by atoms with van der Waals surface area (Å²) in [4.78, 5) is 0. The molecule has 0 spiro atoms. The number of rotatable bonds is 18. The molecule has 0 aromatic rings. The molecule has 0 amide bonds. The summed E-state index contributed by atoms with van der Waals surface area (Å²) >= 11 is 0. The maximum atomic E-state index is 6.71. The molecule has 0 bridgehead atoms. The quantitative estimate of drug-likeness (QED) is 0.0736. The van der Waals surface area contributed by atoms with Crippen molar-refractivity contribution < 1.29 is 57.5 Å². The highest BCUT2D eigenvalue weighted by Crippen LogP contribution is 2.29. The Hall–Kier alpha value is 0.998. The van der Waals surface area contributed by atoms with Crippen LogP contribution < -0.4 is 0 Å². The summed E-state index contributed by atoms with van der Waals surface area (Å²) in [6.45, 7) is 15.2. The average Bonchev–Trinajstić information content (AvgIpc) is 3.93. The molecule has 0 radical (unpaired) electrons. The van der Waals surface area contributed by atoms with Gasteiger partial charge in [0.2, 0.25) is 8.32 Å². The van der Waals surface area contributed by atoms with Crippen LogP contribution in [-0.2, 0) is 57.5 Å². The van der Waals surface area contributed by atoms with E-state index >= 15 is 0 Å². The maximum Gasteiger partial charge on any atom is 0.500 e. The average molecular weight is 998 g/mol. The molecule has 3 rings (SSSR count). The van der Waals surface area contributed by atoms with E-state index in [9.17, 15) is 0 Å². The molecule has 0 aromatic carbocycles. The molecule has 20 heteroatoms. The smallest absolute Gasteiger partial charge is 0.439 e. The fourth-order valence-corrected chi connectivity index (χ4v) is 30.7. The van der Waals surface area contributed by atoms with Crippen molar-refractivity contribution >= 4 is 61.1 Å². The highest BCUT2D eigenvalue weighted by atomic mass is 28.4. The largest absolute Gasteiger partial charge is 0.500 e. The summed E-state index contributed by atoms with van der Waals surface area (Å²) in [7, 11) is -4.10. The molecule has 3 fully saturated rings.